The highest BCUT2D eigenvalue weighted by Crippen LogP contribution is 2.16. The van der Waals surface area contributed by atoms with Crippen LogP contribution in [-0.2, 0) is 0 Å². The predicted molar refractivity (Wildman–Crippen MR) is 89.9 cm³/mol. The maximum Gasteiger partial charge on any atom is 0.272 e. The fraction of sp³-hybridized carbons (Fsp3) is 0.125. The van der Waals surface area contributed by atoms with Gasteiger partial charge in [-0.3, -0.25) is 4.79 Å². The van der Waals surface area contributed by atoms with Gasteiger partial charge >= 0.3 is 0 Å². The summed E-state index contributed by atoms with van der Waals surface area (Å²) in [5, 5.41) is 4.85. The number of carbonyl (C=O) groups is 1. The molecule has 1 N–H and O–H groups in total. The summed E-state index contributed by atoms with van der Waals surface area (Å²) in [7, 11) is 0. The van der Waals surface area contributed by atoms with Crippen molar-refractivity contribution in [1.82, 2.24) is 5.43 Å². The van der Waals surface area contributed by atoms with E-state index in [0.717, 1.165) is 15.7 Å². The summed E-state index contributed by atoms with van der Waals surface area (Å²) in [4.78, 5) is 12.1. The second-order valence-corrected chi connectivity index (χ2v) is 5.63. The molecule has 0 atom stereocenters. The molecule has 108 valence electrons. The summed E-state index contributed by atoms with van der Waals surface area (Å²) in [6.45, 7) is 1.98. The molecule has 0 aromatic heterocycles. The highest BCUT2D eigenvalue weighted by atomic mass is 79.9. The van der Waals surface area contributed by atoms with Crippen molar-refractivity contribution in [2.24, 2.45) is 5.10 Å². The van der Waals surface area contributed by atoms with Gasteiger partial charge in [0.15, 0.2) is 0 Å². The highest BCUT2D eigenvalue weighted by molar-refractivity contribution is 9.10. The Morgan fingerprint density at radius 3 is 2.67 bits per heavy atom. The molecule has 0 bridgehead atoms. The Labute approximate surface area is 137 Å². The number of nitrogens with one attached hydrogen (secondary N) is 1. The molecule has 0 unspecified atom stereocenters. The van der Waals surface area contributed by atoms with Gasteiger partial charge in [0.05, 0.1) is 11.3 Å². The lowest BCUT2D eigenvalue weighted by molar-refractivity contribution is 0.0954. The largest absolute Gasteiger partial charge is 0.272 e. The molecule has 0 saturated carbocycles. The monoisotopic (exact) mass is 364 g/mol. The van der Waals surface area contributed by atoms with Crippen LogP contribution < -0.4 is 5.43 Å². The van der Waals surface area contributed by atoms with E-state index in [-0.39, 0.29) is 5.91 Å². The molecule has 2 aromatic rings. The lowest BCUT2D eigenvalue weighted by Crippen LogP contribution is -2.20. The molecular formula is C16H14BrClN2O. The molecule has 0 fully saturated rings. The van der Waals surface area contributed by atoms with E-state index in [9.17, 15) is 4.79 Å². The number of hydrazone groups is 1. The maximum absolute atomic E-state index is 12.1. The van der Waals surface area contributed by atoms with Crippen LogP contribution in [0.4, 0.5) is 0 Å². The first-order valence-electron chi connectivity index (χ1n) is 6.49. The van der Waals surface area contributed by atoms with E-state index in [2.05, 4.69) is 26.5 Å². The van der Waals surface area contributed by atoms with Crippen molar-refractivity contribution in [3.05, 3.63) is 69.2 Å². The van der Waals surface area contributed by atoms with Gasteiger partial charge in [0, 0.05) is 9.50 Å². The molecule has 5 heteroatoms. The SMILES string of the molecule is CCC(=NNC(=O)c1ccccc1Br)c1cccc(Cl)c1. The molecule has 0 radical (unpaired) electrons. The van der Waals surface area contributed by atoms with Crippen LogP contribution in [0.3, 0.4) is 0 Å². The van der Waals surface area contributed by atoms with Crippen LogP contribution in [0.25, 0.3) is 0 Å². The number of hydrogen-bond donors (Lipinski definition) is 1. The number of nitrogens with zero attached hydrogens (tertiary/aromatic N) is 1. The molecule has 21 heavy (non-hydrogen) atoms. The van der Waals surface area contributed by atoms with Gasteiger partial charge in [0.25, 0.3) is 5.91 Å². The Morgan fingerprint density at radius 1 is 1.24 bits per heavy atom. The van der Waals surface area contributed by atoms with Gasteiger partial charge in [-0.05, 0) is 52.2 Å². The van der Waals surface area contributed by atoms with E-state index in [1.165, 1.54) is 0 Å². The molecule has 2 aromatic carbocycles. The van der Waals surface area contributed by atoms with Crippen molar-refractivity contribution in [3.8, 4) is 0 Å². The summed E-state index contributed by atoms with van der Waals surface area (Å²) in [5.41, 5.74) is 4.81. The zero-order valence-corrected chi connectivity index (χ0v) is 13.8. The fourth-order valence-corrected chi connectivity index (χ4v) is 2.49. The predicted octanol–water partition coefficient (Wildman–Crippen LogP) is 4.65. The molecule has 1 amide bonds. The number of benzene rings is 2. The molecule has 0 aliphatic rings. The van der Waals surface area contributed by atoms with Gasteiger partial charge in [-0.25, -0.2) is 5.43 Å². The van der Waals surface area contributed by atoms with Crippen molar-refractivity contribution < 1.29 is 4.79 Å². The minimum Gasteiger partial charge on any atom is -0.267 e. The van der Waals surface area contributed by atoms with Crippen LogP contribution in [0.2, 0.25) is 5.02 Å². The van der Waals surface area contributed by atoms with Gasteiger partial charge in [-0.15, -0.1) is 0 Å². The smallest absolute Gasteiger partial charge is 0.267 e. The molecule has 0 aliphatic carbocycles. The minimum absolute atomic E-state index is 0.254. The topological polar surface area (TPSA) is 41.5 Å². The van der Waals surface area contributed by atoms with Gasteiger partial charge in [0.2, 0.25) is 0 Å². The summed E-state index contributed by atoms with van der Waals surface area (Å²) < 4.78 is 0.735. The van der Waals surface area contributed by atoms with Crippen LogP contribution in [0, 0.1) is 0 Å². The Morgan fingerprint density at radius 2 is 2.00 bits per heavy atom. The van der Waals surface area contributed by atoms with Crippen molar-refractivity contribution in [2.75, 3.05) is 0 Å². The highest BCUT2D eigenvalue weighted by Gasteiger charge is 2.09. The Kier molecular flexibility index (Phi) is 5.53. The summed E-state index contributed by atoms with van der Waals surface area (Å²) in [6, 6.07) is 14.6. The van der Waals surface area contributed by atoms with Crippen molar-refractivity contribution in [2.45, 2.75) is 13.3 Å². The maximum atomic E-state index is 12.1. The quantitative estimate of drug-likeness (QED) is 0.622. The standard InChI is InChI=1S/C16H14BrClN2O/c1-2-15(11-6-5-7-12(18)10-11)19-20-16(21)13-8-3-4-9-14(13)17/h3-10H,2H2,1H3,(H,20,21). The average molecular weight is 366 g/mol. The van der Waals surface area contributed by atoms with Gasteiger partial charge in [-0.1, -0.05) is 42.8 Å². The van der Waals surface area contributed by atoms with Crippen LogP contribution in [-0.4, -0.2) is 11.6 Å². The number of halogens is 2. The molecule has 0 heterocycles. The molecular weight excluding hydrogens is 352 g/mol. The third-order valence-electron chi connectivity index (χ3n) is 2.90. The number of carbonyl (C=O) groups excluding carboxylic acids is 1. The average Bonchev–Trinajstić information content (AvgIpc) is 2.48. The van der Waals surface area contributed by atoms with Crippen LogP contribution in [0.15, 0.2) is 58.1 Å². The fourth-order valence-electron chi connectivity index (χ4n) is 1.84. The second kappa shape index (κ2) is 7.38. The summed E-state index contributed by atoms with van der Waals surface area (Å²) in [6.07, 6.45) is 0.691. The van der Waals surface area contributed by atoms with Crippen molar-refractivity contribution in [3.63, 3.8) is 0 Å². The Balaban J connectivity index is 2.19. The van der Waals surface area contributed by atoms with Crippen molar-refractivity contribution >= 4 is 39.1 Å². The summed E-state index contributed by atoms with van der Waals surface area (Å²) in [5.74, 6) is -0.254. The normalized spacial score (nSPS) is 11.3. The molecule has 3 nitrogen and oxygen atoms in total. The molecule has 0 aliphatic heterocycles. The molecule has 2 rings (SSSR count). The van der Waals surface area contributed by atoms with E-state index in [4.69, 9.17) is 11.6 Å². The Hall–Kier alpha value is -1.65. The van der Waals surface area contributed by atoms with E-state index < -0.39 is 0 Å². The van der Waals surface area contributed by atoms with E-state index in [1.54, 1.807) is 18.2 Å². The zero-order valence-electron chi connectivity index (χ0n) is 11.4. The lowest BCUT2D eigenvalue weighted by Gasteiger charge is -2.06. The molecule has 0 spiro atoms. The minimum atomic E-state index is -0.254. The number of rotatable bonds is 4. The van der Waals surface area contributed by atoms with Crippen LogP contribution >= 0.6 is 27.5 Å². The van der Waals surface area contributed by atoms with Crippen LogP contribution in [0.5, 0.6) is 0 Å². The number of amides is 1. The van der Waals surface area contributed by atoms with E-state index in [1.807, 2.05) is 37.3 Å². The Bertz CT molecular complexity index is 685. The van der Waals surface area contributed by atoms with Gasteiger partial charge in [0.1, 0.15) is 0 Å². The first kappa shape index (κ1) is 15.7. The van der Waals surface area contributed by atoms with E-state index >= 15 is 0 Å². The number of hydrogen-bond acceptors (Lipinski definition) is 2. The van der Waals surface area contributed by atoms with Gasteiger partial charge in [-0.2, -0.15) is 5.10 Å². The molecule has 0 saturated heterocycles. The third kappa shape index (κ3) is 4.16. The third-order valence-corrected chi connectivity index (χ3v) is 3.83. The summed E-state index contributed by atoms with van der Waals surface area (Å²) >= 11 is 9.33. The van der Waals surface area contributed by atoms with E-state index in [0.29, 0.717) is 17.0 Å². The zero-order chi connectivity index (χ0) is 15.2. The first-order valence-corrected chi connectivity index (χ1v) is 7.66. The van der Waals surface area contributed by atoms with Crippen molar-refractivity contribution in [1.29, 1.82) is 0 Å². The van der Waals surface area contributed by atoms with Crippen LogP contribution in [0.1, 0.15) is 29.3 Å². The lowest BCUT2D eigenvalue weighted by atomic mass is 10.1. The first-order chi connectivity index (χ1) is 10.1. The van der Waals surface area contributed by atoms with Gasteiger partial charge < -0.3 is 0 Å². The second-order valence-electron chi connectivity index (χ2n) is 4.34.